The Labute approximate surface area is 119 Å². The maximum atomic E-state index is 6.14. The van der Waals surface area contributed by atoms with Crippen LogP contribution in [0.5, 0.6) is 0 Å². The molecule has 1 unspecified atom stereocenters. The average Bonchev–Trinajstić information content (AvgIpc) is 2.84. The maximum absolute atomic E-state index is 6.14. The van der Waals surface area contributed by atoms with E-state index in [0.29, 0.717) is 16.6 Å². The molecular weight excluding hydrogens is 293 g/mol. The molecule has 0 fully saturated rings. The quantitative estimate of drug-likeness (QED) is 0.817. The molecule has 1 heterocycles. The zero-order chi connectivity index (χ0) is 12.3. The smallest absolute Gasteiger partial charge is 0.0543 e. The van der Waals surface area contributed by atoms with Gasteiger partial charge in [-0.1, -0.05) is 23.2 Å². The van der Waals surface area contributed by atoms with Gasteiger partial charge in [-0.05, 0) is 40.6 Å². The van der Waals surface area contributed by atoms with Crippen LogP contribution in [0.4, 0.5) is 0 Å². The van der Waals surface area contributed by atoms with Gasteiger partial charge in [0.25, 0.3) is 0 Å². The molecule has 90 valence electrons. The molecule has 0 bridgehead atoms. The van der Waals surface area contributed by atoms with Crippen molar-refractivity contribution in [3.8, 4) is 0 Å². The van der Waals surface area contributed by atoms with Crippen molar-refractivity contribution < 1.29 is 0 Å². The number of thiophene rings is 1. The van der Waals surface area contributed by atoms with Gasteiger partial charge in [-0.3, -0.25) is 0 Å². The van der Waals surface area contributed by atoms with Crippen LogP contribution in [-0.2, 0) is 0 Å². The Hall–Kier alpha value is -0.190. The minimum absolute atomic E-state index is 0.220. The van der Waals surface area contributed by atoms with Crippen molar-refractivity contribution in [2.24, 2.45) is 5.73 Å². The zero-order valence-electron chi connectivity index (χ0n) is 8.90. The van der Waals surface area contributed by atoms with E-state index in [1.54, 1.807) is 29.2 Å². The Morgan fingerprint density at radius 2 is 2.12 bits per heavy atom. The lowest BCUT2D eigenvalue weighted by Gasteiger charge is -2.14. The fourth-order valence-corrected chi connectivity index (χ4v) is 3.78. The largest absolute Gasteiger partial charge is 0.329 e. The minimum Gasteiger partial charge on any atom is -0.329 e. The van der Waals surface area contributed by atoms with Gasteiger partial charge in [0.2, 0.25) is 0 Å². The molecule has 0 aliphatic heterocycles. The van der Waals surface area contributed by atoms with Crippen LogP contribution in [0.2, 0.25) is 10.0 Å². The zero-order valence-corrected chi connectivity index (χ0v) is 12.0. The van der Waals surface area contributed by atoms with E-state index in [9.17, 15) is 0 Å². The van der Waals surface area contributed by atoms with Gasteiger partial charge < -0.3 is 5.73 Å². The summed E-state index contributed by atoms with van der Waals surface area (Å²) in [4.78, 5) is 0.973. The van der Waals surface area contributed by atoms with Crippen molar-refractivity contribution in [3.05, 3.63) is 50.6 Å². The first-order chi connectivity index (χ1) is 8.20. The van der Waals surface area contributed by atoms with Crippen molar-refractivity contribution in [2.45, 2.75) is 10.1 Å². The molecule has 1 aromatic heterocycles. The van der Waals surface area contributed by atoms with Gasteiger partial charge in [-0.15, -0.1) is 11.8 Å². The van der Waals surface area contributed by atoms with Crippen molar-refractivity contribution in [3.63, 3.8) is 0 Å². The fourth-order valence-electron chi connectivity index (χ4n) is 1.43. The third-order valence-electron chi connectivity index (χ3n) is 2.29. The molecule has 17 heavy (non-hydrogen) atoms. The highest BCUT2D eigenvalue weighted by Crippen LogP contribution is 2.39. The second-order valence-corrected chi connectivity index (χ2v) is 6.34. The summed E-state index contributed by atoms with van der Waals surface area (Å²) in [6.07, 6.45) is 0. The van der Waals surface area contributed by atoms with E-state index in [2.05, 4.69) is 16.8 Å². The van der Waals surface area contributed by atoms with Crippen molar-refractivity contribution in [2.75, 3.05) is 6.54 Å². The highest BCUT2D eigenvalue weighted by molar-refractivity contribution is 7.99. The lowest BCUT2D eigenvalue weighted by atomic mass is 10.2. The van der Waals surface area contributed by atoms with Gasteiger partial charge in [0.05, 0.1) is 5.02 Å². The average molecular weight is 304 g/mol. The van der Waals surface area contributed by atoms with Crippen LogP contribution in [0.15, 0.2) is 39.9 Å². The van der Waals surface area contributed by atoms with E-state index in [1.807, 2.05) is 12.1 Å². The van der Waals surface area contributed by atoms with E-state index >= 15 is 0 Å². The van der Waals surface area contributed by atoms with Gasteiger partial charge in [0.15, 0.2) is 0 Å². The molecule has 0 radical (unpaired) electrons. The van der Waals surface area contributed by atoms with Crippen LogP contribution in [-0.4, -0.2) is 6.54 Å². The summed E-state index contributed by atoms with van der Waals surface area (Å²) in [5, 5.41) is 5.80. The Balaban J connectivity index is 2.21. The van der Waals surface area contributed by atoms with Crippen molar-refractivity contribution in [1.82, 2.24) is 0 Å². The second-order valence-electron chi connectivity index (χ2n) is 3.47. The number of rotatable bonds is 4. The normalized spacial score (nSPS) is 12.6. The Bertz CT molecular complexity index is 485. The summed E-state index contributed by atoms with van der Waals surface area (Å²) in [5.41, 5.74) is 7.04. The first-order valence-corrected chi connectivity index (χ1v) is 7.62. The van der Waals surface area contributed by atoms with Crippen LogP contribution in [0, 0.1) is 0 Å². The lowest BCUT2D eigenvalue weighted by Crippen LogP contribution is -2.08. The molecule has 1 nitrogen and oxygen atoms in total. The SMILES string of the molecule is NCC(Sc1cc(Cl)ccc1Cl)c1ccsc1. The predicted octanol–water partition coefficient (Wildman–Crippen LogP) is 4.85. The Morgan fingerprint density at radius 3 is 2.76 bits per heavy atom. The van der Waals surface area contributed by atoms with E-state index < -0.39 is 0 Å². The first kappa shape index (κ1) is 13.2. The predicted molar refractivity (Wildman–Crippen MR) is 78.4 cm³/mol. The molecule has 1 aromatic carbocycles. The molecule has 0 saturated carbocycles. The standard InChI is InChI=1S/C12H11Cl2NS2/c13-9-1-2-10(14)11(5-9)17-12(6-15)8-3-4-16-7-8/h1-5,7,12H,6,15H2. The van der Waals surface area contributed by atoms with E-state index in [1.165, 1.54) is 5.56 Å². The summed E-state index contributed by atoms with van der Waals surface area (Å²) >= 11 is 15.4. The molecule has 5 heteroatoms. The molecule has 2 aromatic rings. The van der Waals surface area contributed by atoms with Gasteiger partial charge in [0, 0.05) is 21.7 Å². The summed E-state index contributed by atoms with van der Waals surface area (Å²) in [6, 6.07) is 7.57. The van der Waals surface area contributed by atoms with Gasteiger partial charge in [-0.2, -0.15) is 11.3 Å². The molecule has 0 saturated heterocycles. The lowest BCUT2D eigenvalue weighted by molar-refractivity contribution is 0.946. The summed E-state index contributed by atoms with van der Waals surface area (Å²) < 4.78 is 0. The highest BCUT2D eigenvalue weighted by atomic mass is 35.5. The molecule has 2 N–H and O–H groups in total. The van der Waals surface area contributed by atoms with E-state index in [-0.39, 0.29) is 5.25 Å². The van der Waals surface area contributed by atoms with Gasteiger partial charge in [0.1, 0.15) is 0 Å². The summed E-state index contributed by atoms with van der Waals surface area (Å²) in [7, 11) is 0. The number of halogens is 2. The Kier molecular flexibility index (Phi) is 4.77. The first-order valence-electron chi connectivity index (χ1n) is 5.04. The van der Waals surface area contributed by atoms with Crippen molar-refractivity contribution in [1.29, 1.82) is 0 Å². The van der Waals surface area contributed by atoms with Crippen LogP contribution in [0.25, 0.3) is 0 Å². The monoisotopic (exact) mass is 303 g/mol. The van der Waals surface area contributed by atoms with Crippen LogP contribution in [0.3, 0.4) is 0 Å². The molecule has 0 aliphatic rings. The van der Waals surface area contributed by atoms with Gasteiger partial charge >= 0.3 is 0 Å². The molecule has 0 spiro atoms. The number of hydrogen-bond donors (Lipinski definition) is 1. The molecule has 0 amide bonds. The fraction of sp³-hybridized carbons (Fsp3) is 0.167. The number of nitrogens with two attached hydrogens (primary N) is 1. The summed E-state index contributed by atoms with van der Waals surface area (Å²) in [5.74, 6) is 0. The minimum atomic E-state index is 0.220. The Morgan fingerprint density at radius 1 is 1.29 bits per heavy atom. The van der Waals surface area contributed by atoms with Crippen LogP contribution in [0.1, 0.15) is 10.8 Å². The van der Waals surface area contributed by atoms with Crippen LogP contribution >= 0.6 is 46.3 Å². The van der Waals surface area contributed by atoms with E-state index in [0.717, 1.165) is 4.90 Å². The topological polar surface area (TPSA) is 26.0 Å². The number of hydrogen-bond acceptors (Lipinski definition) is 3. The molecule has 1 atom stereocenters. The maximum Gasteiger partial charge on any atom is 0.0543 e. The highest BCUT2D eigenvalue weighted by Gasteiger charge is 2.14. The van der Waals surface area contributed by atoms with Crippen molar-refractivity contribution >= 4 is 46.3 Å². The second kappa shape index (κ2) is 6.12. The van der Waals surface area contributed by atoms with Crippen LogP contribution < -0.4 is 5.73 Å². The van der Waals surface area contributed by atoms with Gasteiger partial charge in [-0.25, -0.2) is 0 Å². The molecular formula is C12H11Cl2NS2. The number of benzene rings is 1. The number of thioether (sulfide) groups is 1. The summed E-state index contributed by atoms with van der Waals surface area (Å²) in [6.45, 7) is 0.574. The van der Waals surface area contributed by atoms with E-state index in [4.69, 9.17) is 28.9 Å². The third kappa shape index (κ3) is 3.39. The molecule has 2 rings (SSSR count). The third-order valence-corrected chi connectivity index (χ3v) is 5.01. The molecule has 0 aliphatic carbocycles.